The minimum atomic E-state index is -4.39. The van der Waals surface area contributed by atoms with Crippen LogP contribution in [-0.2, 0) is 27.1 Å². The maximum Gasteiger partial charge on any atom is 0.416 e. The third kappa shape index (κ3) is 5.37. The second-order valence-electron chi connectivity index (χ2n) is 7.88. The van der Waals surface area contributed by atoms with Crippen molar-refractivity contribution in [2.75, 3.05) is 13.1 Å². The summed E-state index contributed by atoms with van der Waals surface area (Å²) in [4.78, 5) is 30.9. The number of alkyl halides is 3. The molecule has 0 aromatic heterocycles. The number of nitrogens with one attached hydrogen (secondary N) is 1. The highest BCUT2D eigenvalue weighted by Crippen LogP contribution is 2.36. The Kier molecular flexibility index (Phi) is 6.27. The van der Waals surface area contributed by atoms with Crippen LogP contribution in [0.5, 0.6) is 0 Å². The van der Waals surface area contributed by atoms with Crippen LogP contribution in [0, 0.1) is 5.41 Å². The van der Waals surface area contributed by atoms with Crippen molar-refractivity contribution in [2.45, 2.75) is 52.4 Å². The van der Waals surface area contributed by atoms with E-state index in [4.69, 9.17) is 9.57 Å². The summed E-state index contributed by atoms with van der Waals surface area (Å²) in [5.74, 6) is -0.512. The molecule has 156 valence electrons. The van der Waals surface area contributed by atoms with E-state index in [1.165, 1.54) is 17.0 Å². The van der Waals surface area contributed by atoms with Gasteiger partial charge in [0.25, 0.3) is 0 Å². The number of rotatable bonds is 5. The Morgan fingerprint density at radius 1 is 1.14 bits per heavy atom. The van der Waals surface area contributed by atoms with Crippen molar-refractivity contribution in [1.82, 2.24) is 10.4 Å². The lowest BCUT2D eigenvalue weighted by molar-refractivity contribution is -0.175. The maximum absolute atomic E-state index is 12.6. The third-order valence-electron chi connectivity index (χ3n) is 4.47. The van der Waals surface area contributed by atoms with E-state index in [1.54, 1.807) is 20.8 Å². The van der Waals surface area contributed by atoms with Gasteiger partial charge in [-0.15, -0.1) is 5.48 Å². The molecule has 6 nitrogen and oxygen atoms in total. The van der Waals surface area contributed by atoms with Crippen molar-refractivity contribution >= 4 is 12.1 Å². The van der Waals surface area contributed by atoms with Gasteiger partial charge in [0.05, 0.1) is 12.1 Å². The molecule has 0 spiro atoms. The van der Waals surface area contributed by atoms with Crippen LogP contribution in [0.1, 0.15) is 45.2 Å². The van der Waals surface area contributed by atoms with Gasteiger partial charge in [-0.05, 0) is 44.9 Å². The molecular weight excluding hydrogens is 377 g/mol. The predicted octanol–water partition coefficient (Wildman–Crippen LogP) is 3.90. The molecule has 0 saturated carbocycles. The number of amides is 1. The van der Waals surface area contributed by atoms with Crippen LogP contribution in [-0.4, -0.2) is 35.7 Å². The Balaban J connectivity index is 1.83. The highest BCUT2D eigenvalue weighted by molar-refractivity contribution is 5.82. The standard InChI is InChI=1S/C19H25F3N2O4/c1-5-18(11-24(12-18)16(26)27-17(2,3)4)15(25)28-23-10-13-6-8-14(9-7-13)19(20,21)22/h6-9,23H,5,10-12H2,1-4H3. The summed E-state index contributed by atoms with van der Waals surface area (Å²) in [5, 5.41) is 0. The van der Waals surface area contributed by atoms with E-state index in [9.17, 15) is 22.8 Å². The number of likely N-dealkylation sites (tertiary alicyclic amines) is 1. The number of hydrogen-bond acceptors (Lipinski definition) is 5. The van der Waals surface area contributed by atoms with E-state index < -0.39 is 34.8 Å². The van der Waals surface area contributed by atoms with Gasteiger partial charge in [0.1, 0.15) is 11.0 Å². The highest BCUT2D eigenvalue weighted by Gasteiger charge is 2.52. The fourth-order valence-electron chi connectivity index (χ4n) is 2.74. The van der Waals surface area contributed by atoms with Gasteiger partial charge in [0.15, 0.2) is 0 Å². The summed E-state index contributed by atoms with van der Waals surface area (Å²) in [6, 6.07) is 4.56. The molecule has 1 aromatic rings. The number of hydroxylamine groups is 1. The van der Waals surface area contributed by atoms with Crippen molar-refractivity contribution in [3.63, 3.8) is 0 Å². The van der Waals surface area contributed by atoms with Gasteiger partial charge in [-0.1, -0.05) is 19.1 Å². The van der Waals surface area contributed by atoms with Gasteiger partial charge in [0, 0.05) is 13.1 Å². The molecule has 1 aliphatic rings. The number of benzene rings is 1. The molecule has 0 bridgehead atoms. The first kappa shape index (κ1) is 22.0. The Morgan fingerprint density at radius 3 is 2.18 bits per heavy atom. The summed E-state index contributed by atoms with van der Waals surface area (Å²) in [6.07, 6.45) is -4.40. The first-order valence-electron chi connectivity index (χ1n) is 8.94. The van der Waals surface area contributed by atoms with Crippen molar-refractivity contribution < 1.29 is 32.3 Å². The van der Waals surface area contributed by atoms with Crippen LogP contribution in [0.4, 0.5) is 18.0 Å². The monoisotopic (exact) mass is 402 g/mol. The number of ether oxygens (including phenoxy) is 1. The van der Waals surface area contributed by atoms with Gasteiger partial charge >= 0.3 is 18.2 Å². The minimum absolute atomic E-state index is 0.0689. The van der Waals surface area contributed by atoms with Crippen molar-refractivity contribution in [3.8, 4) is 0 Å². The Hall–Kier alpha value is -2.29. The van der Waals surface area contributed by atoms with E-state index >= 15 is 0 Å². The van der Waals surface area contributed by atoms with E-state index in [2.05, 4.69) is 5.48 Å². The molecule has 1 N–H and O–H groups in total. The fraction of sp³-hybridized carbons (Fsp3) is 0.579. The smallest absolute Gasteiger partial charge is 0.416 e. The normalized spacial score (nSPS) is 16.3. The van der Waals surface area contributed by atoms with Gasteiger partial charge in [-0.3, -0.25) is 0 Å². The van der Waals surface area contributed by atoms with E-state index in [0.717, 1.165) is 12.1 Å². The first-order chi connectivity index (χ1) is 12.9. The largest absolute Gasteiger partial charge is 0.444 e. The van der Waals surface area contributed by atoms with Gasteiger partial charge in [0.2, 0.25) is 0 Å². The molecule has 1 heterocycles. The SMILES string of the molecule is CCC1(C(=O)ONCc2ccc(C(F)(F)F)cc2)CN(C(=O)OC(C)(C)C)C1. The Bertz CT molecular complexity index is 705. The summed E-state index contributed by atoms with van der Waals surface area (Å²) in [7, 11) is 0. The Morgan fingerprint density at radius 2 is 1.71 bits per heavy atom. The lowest BCUT2D eigenvalue weighted by Gasteiger charge is -2.47. The predicted molar refractivity (Wildman–Crippen MR) is 94.9 cm³/mol. The number of hydrogen-bond donors (Lipinski definition) is 1. The van der Waals surface area contributed by atoms with Crippen molar-refractivity contribution in [1.29, 1.82) is 0 Å². The van der Waals surface area contributed by atoms with Crippen LogP contribution < -0.4 is 5.48 Å². The van der Waals surface area contributed by atoms with Crippen molar-refractivity contribution in [2.24, 2.45) is 5.41 Å². The van der Waals surface area contributed by atoms with Crippen LogP contribution in [0.25, 0.3) is 0 Å². The number of carbonyl (C=O) groups excluding carboxylic acids is 2. The summed E-state index contributed by atoms with van der Waals surface area (Å²) < 4.78 is 42.9. The van der Waals surface area contributed by atoms with E-state index in [1.807, 2.05) is 6.92 Å². The lowest BCUT2D eigenvalue weighted by atomic mass is 9.78. The molecule has 2 rings (SSSR count). The quantitative estimate of drug-likeness (QED) is 0.757. The molecule has 1 fully saturated rings. The summed E-state index contributed by atoms with van der Waals surface area (Å²) in [5.41, 5.74) is 0.846. The Labute approximate surface area is 161 Å². The van der Waals surface area contributed by atoms with E-state index in [-0.39, 0.29) is 19.6 Å². The van der Waals surface area contributed by atoms with Crippen LogP contribution in [0.15, 0.2) is 24.3 Å². The number of carbonyl (C=O) groups is 2. The third-order valence-corrected chi connectivity index (χ3v) is 4.47. The molecule has 1 amide bonds. The van der Waals surface area contributed by atoms with Gasteiger partial charge in [-0.25, -0.2) is 9.59 Å². The van der Waals surface area contributed by atoms with Crippen molar-refractivity contribution in [3.05, 3.63) is 35.4 Å². The highest BCUT2D eigenvalue weighted by atomic mass is 19.4. The minimum Gasteiger partial charge on any atom is -0.444 e. The molecule has 1 aromatic carbocycles. The molecule has 9 heteroatoms. The average Bonchev–Trinajstić information content (AvgIpc) is 2.52. The second-order valence-corrected chi connectivity index (χ2v) is 7.88. The topological polar surface area (TPSA) is 67.9 Å². The first-order valence-corrected chi connectivity index (χ1v) is 8.94. The molecule has 1 saturated heterocycles. The molecule has 0 aliphatic carbocycles. The second kappa shape index (κ2) is 7.98. The molecule has 0 unspecified atom stereocenters. The average molecular weight is 402 g/mol. The lowest BCUT2D eigenvalue weighted by Crippen LogP contribution is -2.63. The van der Waals surface area contributed by atoms with Crippen LogP contribution in [0.3, 0.4) is 0 Å². The number of halogens is 3. The zero-order chi connectivity index (χ0) is 21.2. The molecule has 0 atom stereocenters. The van der Waals surface area contributed by atoms with Crippen LogP contribution in [0.2, 0.25) is 0 Å². The van der Waals surface area contributed by atoms with Gasteiger partial charge < -0.3 is 14.5 Å². The molecule has 1 aliphatic heterocycles. The molecular formula is C19H25F3N2O4. The van der Waals surface area contributed by atoms with Crippen LogP contribution >= 0.6 is 0 Å². The summed E-state index contributed by atoms with van der Waals surface area (Å²) >= 11 is 0. The molecule has 28 heavy (non-hydrogen) atoms. The van der Waals surface area contributed by atoms with Gasteiger partial charge in [-0.2, -0.15) is 13.2 Å². The zero-order valence-corrected chi connectivity index (χ0v) is 16.4. The van der Waals surface area contributed by atoms with E-state index in [0.29, 0.717) is 12.0 Å². The molecule has 0 radical (unpaired) electrons. The summed E-state index contributed by atoms with van der Waals surface area (Å²) in [6.45, 7) is 7.56. The number of nitrogens with zero attached hydrogens (tertiary/aromatic N) is 1. The zero-order valence-electron chi connectivity index (χ0n) is 16.4. The fourth-order valence-corrected chi connectivity index (χ4v) is 2.74. The maximum atomic E-state index is 12.6.